The molecule has 3 aromatic rings. The van der Waals surface area contributed by atoms with E-state index < -0.39 is 11.8 Å². The Morgan fingerprint density at radius 2 is 1.41 bits per heavy atom. The van der Waals surface area contributed by atoms with E-state index in [2.05, 4.69) is 15.8 Å². The largest absolute Gasteiger partial charge is 0.317 e. The van der Waals surface area contributed by atoms with Gasteiger partial charge in [0.1, 0.15) is 11.5 Å². The summed E-state index contributed by atoms with van der Waals surface area (Å²) in [7, 11) is 0. The molecule has 5 nitrogen and oxygen atoms in total. The van der Waals surface area contributed by atoms with Crippen LogP contribution in [0.1, 0.15) is 21.5 Å². The van der Waals surface area contributed by atoms with Gasteiger partial charge in [-0.2, -0.15) is 5.10 Å². The standard InChI is InChI=1S/C23H18FN3O2/c24-20-13-11-18(12-14-20)16-25-27-23(29)21(15-17-7-3-1-4-8-17)26-22(28)19-9-5-2-6-10-19/h1-16H,(H,26,28)(H,27,29)/b21-15+,25-16+. The molecule has 2 amide bonds. The second-order valence-electron chi connectivity index (χ2n) is 6.04. The van der Waals surface area contributed by atoms with Crippen LogP contribution >= 0.6 is 0 Å². The van der Waals surface area contributed by atoms with Crippen molar-refractivity contribution in [3.05, 3.63) is 113 Å². The van der Waals surface area contributed by atoms with Gasteiger partial charge in [-0.25, -0.2) is 9.82 Å². The number of carbonyl (C=O) groups excluding carboxylic acids is 2. The first kappa shape index (κ1) is 19.7. The molecule has 0 heterocycles. The zero-order valence-corrected chi connectivity index (χ0v) is 15.4. The van der Waals surface area contributed by atoms with Crippen molar-refractivity contribution in [2.75, 3.05) is 0 Å². The molecule has 144 valence electrons. The van der Waals surface area contributed by atoms with Gasteiger partial charge in [-0.15, -0.1) is 0 Å². The normalized spacial score (nSPS) is 11.3. The molecule has 0 radical (unpaired) electrons. The Bertz CT molecular complexity index is 1030. The Morgan fingerprint density at radius 3 is 2.07 bits per heavy atom. The van der Waals surface area contributed by atoms with Crippen molar-refractivity contribution in [1.29, 1.82) is 0 Å². The van der Waals surface area contributed by atoms with Crippen LogP contribution in [0.15, 0.2) is 95.7 Å². The highest BCUT2D eigenvalue weighted by molar-refractivity contribution is 6.05. The van der Waals surface area contributed by atoms with Crippen molar-refractivity contribution in [3.63, 3.8) is 0 Å². The van der Waals surface area contributed by atoms with Gasteiger partial charge in [-0.05, 0) is 41.5 Å². The van der Waals surface area contributed by atoms with Crippen molar-refractivity contribution >= 4 is 24.1 Å². The van der Waals surface area contributed by atoms with Gasteiger partial charge in [0, 0.05) is 5.56 Å². The molecule has 0 aromatic heterocycles. The topological polar surface area (TPSA) is 70.6 Å². The number of hydrogen-bond acceptors (Lipinski definition) is 3. The Hall–Kier alpha value is -4.06. The first-order valence-corrected chi connectivity index (χ1v) is 8.84. The third-order valence-electron chi connectivity index (χ3n) is 3.89. The summed E-state index contributed by atoms with van der Waals surface area (Å²) in [5, 5.41) is 6.50. The van der Waals surface area contributed by atoms with E-state index in [1.165, 1.54) is 30.5 Å². The van der Waals surface area contributed by atoms with E-state index in [4.69, 9.17) is 0 Å². The highest BCUT2D eigenvalue weighted by Crippen LogP contribution is 2.07. The number of hydrogen-bond donors (Lipinski definition) is 2. The average Bonchev–Trinajstić information content (AvgIpc) is 2.76. The summed E-state index contributed by atoms with van der Waals surface area (Å²) >= 11 is 0. The minimum Gasteiger partial charge on any atom is -0.317 e. The minimum absolute atomic E-state index is 0.0429. The maximum atomic E-state index is 12.9. The second-order valence-corrected chi connectivity index (χ2v) is 6.04. The van der Waals surface area contributed by atoms with E-state index in [1.807, 2.05) is 30.3 Å². The van der Waals surface area contributed by atoms with Gasteiger partial charge in [0.25, 0.3) is 11.8 Å². The molecule has 29 heavy (non-hydrogen) atoms. The van der Waals surface area contributed by atoms with Crippen LogP contribution in [-0.2, 0) is 4.79 Å². The number of amides is 2. The van der Waals surface area contributed by atoms with Crippen LogP contribution in [0.5, 0.6) is 0 Å². The van der Waals surface area contributed by atoms with Crippen LogP contribution in [0.3, 0.4) is 0 Å². The van der Waals surface area contributed by atoms with Crippen LogP contribution in [0.4, 0.5) is 4.39 Å². The number of carbonyl (C=O) groups is 2. The fraction of sp³-hybridized carbons (Fsp3) is 0. The zero-order chi connectivity index (χ0) is 20.5. The summed E-state index contributed by atoms with van der Waals surface area (Å²) in [4.78, 5) is 25.1. The van der Waals surface area contributed by atoms with Gasteiger partial charge in [0.05, 0.1) is 6.21 Å². The molecule has 0 aliphatic heterocycles. The maximum Gasteiger partial charge on any atom is 0.287 e. The van der Waals surface area contributed by atoms with Gasteiger partial charge >= 0.3 is 0 Å². The average molecular weight is 387 g/mol. The molecule has 0 spiro atoms. The highest BCUT2D eigenvalue weighted by atomic mass is 19.1. The molecule has 0 aliphatic carbocycles. The van der Waals surface area contributed by atoms with Crippen LogP contribution in [-0.4, -0.2) is 18.0 Å². The highest BCUT2D eigenvalue weighted by Gasteiger charge is 2.14. The van der Waals surface area contributed by atoms with Crippen molar-refractivity contribution < 1.29 is 14.0 Å². The first-order valence-electron chi connectivity index (χ1n) is 8.84. The van der Waals surface area contributed by atoms with Gasteiger partial charge in [0.15, 0.2) is 0 Å². The molecule has 6 heteroatoms. The van der Waals surface area contributed by atoms with Gasteiger partial charge in [-0.3, -0.25) is 9.59 Å². The summed E-state index contributed by atoms with van der Waals surface area (Å²) in [6.07, 6.45) is 2.94. The molecule has 0 saturated carbocycles. The molecule has 0 bridgehead atoms. The van der Waals surface area contributed by atoms with E-state index in [0.717, 1.165) is 5.56 Å². The number of benzene rings is 3. The lowest BCUT2D eigenvalue weighted by molar-refractivity contribution is -0.117. The Morgan fingerprint density at radius 1 is 0.793 bits per heavy atom. The van der Waals surface area contributed by atoms with Crippen LogP contribution < -0.4 is 10.7 Å². The quantitative estimate of drug-likeness (QED) is 0.384. The van der Waals surface area contributed by atoms with Crippen LogP contribution in [0.25, 0.3) is 6.08 Å². The molecule has 0 aliphatic rings. The SMILES string of the molecule is O=C(N/N=C/c1ccc(F)cc1)/C(=C\c1ccccc1)NC(=O)c1ccccc1. The van der Waals surface area contributed by atoms with Crippen LogP contribution in [0.2, 0.25) is 0 Å². The smallest absolute Gasteiger partial charge is 0.287 e. The van der Waals surface area contributed by atoms with Crippen molar-refractivity contribution in [1.82, 2.24) is 10.7 Å². The first-order chi connectivity index (χ1) is 14.1. The van der Waals surface area contributed by atoms with Gasteiger partial charge < -0.3 is 5.32 Å². The minimum atomic E-state index is -0.587. The molecule has 3 aromatic carbocycles. The Balaban J connectivity index is 1.76. The van der Waals surface area contributed by atoms with E-state index in [0.29, 0.717) is 11.1 Å². The van der Waals surface area contributed by atoms with Crippen molar-refractivity contribution in [2.24, 2.45) is 5.10 Å². The number of nitrogens with zero attached hydrogens (tertiary/aromatic N) is 1. The van der Waals surface area contributed by atoms with Gasteiger partial charge in [-0.1, -0.05) is 60.7 Å². The summed E-state index contributed by atoms with van der Waals surface area (Å²) in [6, 6.07) is 23.4. The molecule has 3 rings (SSSR count). The number of hydrazone groups is 1. The lowest BCUT2D eigenvalue weighted by atomic mass is 10.1. The van der Waals surface area contributed by atoms with Crippen molar-refractivity contribution in [2.45, 2.75) is 0 Å². The fourth-order valence-electron chi connectivity index (χ4n) is 2.43. The van der Waals surface area contributed by atoms with Crippen molar-refractivity contribution in [3.8, 4) is 0 Å². The monoisotopic (exact) mass is 387 g/mol. The molecule has 2 N–H and O–H groups in total. The maximum absolute atomic E-state index is 12.9. The van der Waals surface area contributed by atoms with E-state index in [1.54, 1.807) is 36.4 Å². The summed E-state index contributed by atoms with van der Waals surface area (Å²) < 4.78 is 12.9. The molecule has 0 fully saturated rings. The lowest BCUT2D eigenvalue weighted by Crippen LogP contribution is -2.32. The van der Waals surface area contributed by atoms with Crippen LogP contribution in [0, 0.1) is 5.82 Å². The van der Waals surface area contributed by atoms with E-state index >= 15 is 0 Å². The fourth-order valence-corrected chi connectivity index (χ4v) is 2.43. The summed E-state index contributed by atoms with van der Waals surface area (Å²) in [5.74, 6) is -1.36. The molecule has 0 unspecified atom stereocenters. The number of nitrogens with one attached hydrogen (secondary N) is 2. The molecule has 0 saturated heterocycles. The second kappa shape index (κ2) is 9.75. The predicted molar refractivity (Wildman–Crippen MR) is 110 cm³/mol. The van der Waals surface area contributed by atoms with E-state index in [9.17, 15) is 14.0 Å². The Labute approximate surface area is 167 Å². The molecular formula is C23H18FN3O2. The third-order valence-corrected chi connectivity index (χ3v) is 3.89. The molecule has 0 atom stereocenters. The number of rotatable bonds is 6. The summed E-state index contributed by atoms with van der Waals surface area (Å²) in [5.41, 5.74) is 4.21. The molecular weight excluding hydrogens is 369 g/mol. The number of halogens is 1. The third kappa shape index (κ3) is 5.97. The lowest BCUT2D eigenvalue weighted by Gasteiger charge is -2.09. The summed E-state index contributed by atoms with van der Waals surface area (Å²) in [6.45, 7) is 0. The van der Waals surface area contributed by atoms with E-state index in [-0.39, 0.29) is 11.5 Å². The zero-order valence-electron chi connectivity index (χ0n) is 15.4. The Kier molecular flexibility index (Phi) is 6.62. The predicted octanol–water partition coefficient (Wildman–Crippen LogP) is 3.75. The van der Waals surface area contributed by atoms with Gasteiger partial charge in [0.2, 0.25) is 0 Å².